The van der Waals surface area contributed by atoms with Crippen LogP contribution < -0.4 is 0 Å². The van der Waals surface area contributed by atoms with Gasteiger partial charge in [-0.1, -0.05) is 29.5 Å². The third-order valence-corrected chi connectivity index (χ3v) is 6.76. The number of Topliss-reactive ketones (excluding diaryl/α,β-unsaturated/α-hetero) is 1. The number of carbonyl (C=O) groups is 2. The molecule has 0 amide bonds. The summed E-state index contributed by atoms with van der Waals surface area (Å²) in [7, 11) is 0. The topological polar surface area (TPSA) is 87.5 Å². The van der Waals surface area contributed by atoms with Crippen LogP contribution in [0.2, 0.25) is 0 Å². The SMILES string of the molecule is C=C(C)CC[C@@H](O)C/C=C/[C@@H]1CCC(=O)[C@@H]1CCSc1nc(C(=O)O)cs1. The van der Waals surface area contributed by atoms with Crippen molar-refractivity contribution in [1.29, 1.82) is 0 Å². The van der Waals surface area contributed by atoms with Gasteiger partial charge in [0.2, 0.25) is 0 Å². The van der Waals surface area contributed by atoms with Crippen LogP contribution in [0.3, 0.4) is 0 Å². The molecular weight excluding hydrogens is 382 g/mol. The van der Waals surface area contributed by atoms with Gasteiger partial charge in [0, 0.05) is 23.5 Å². The summed E-state index contributed by atoms with van der Waals surface area (Å²) in [6.07, 6.45) is 8.14. The molecule has 1 aromatic heterocycles. The zero-order chi connectivity index (χ0) is 19.8. The maximum absolute atomic E-state index is 12.2. The number of thiazole rings is 1. The first-order chi connectivity index (χ1) is 12.9. The number of thioether (sulfide) groups is 1. The lowest BCUT2D eigenvalue weighted by atomic mass is 9.92. The van der Waals surface area contributed by atoms with Gasteiger partial charge in [-0.3, -0.25) is 4.79 Å². The van der Waals surface area contributed by atoms with Gasteiger partial charge in [-0.05, 0) is 44.9 Å². The quantitative estimate of drug-likeness (QED) is 0.411. The fourth-order valence-corrected chi connectivity index (χ4v) is 5.07. The average molecular weight is 410 g/mol. The van der Waals surface area contributed by atoms with Crippen molar-refractivity contribution in [3.63, 3.8) is 0 Å². The maximum Gasteiger partial charge on any atom is 0.355 e. The molecule has 0 aliphatic heterocycles. The van der Waals surface area contributed by atoms with Crippen molar-refractivity contribution in [2.75, 3.05) is 5.75 Å². The molecule has 0 bridgehead atoms. The normalized spacial score (nSPS) is 21.0. The second-order valence-corrected chi connectivity index (χ2v) is 9.23. The molecule has 0 spiro atoms. The maximum atomic E-state index is 12.2. The van der Waals surface area contributed by atoms with Crippen LogP contribution in [0.1, 0.15) is 55.9 Å². The number of ketones is 1. The minimum atomic E-state index is -1.01. The van der Waals surface area contributed by atoms with E-state index in [2.05, 4.69) is 17.6 Å². The van der Waals surface area contributed by atoms with Crippen molar-refractivity contribution in [3.05, 3.63) is 35.4 Å². The molecule has 27 heavy (non-hydrogen) atoms. The third-order valence-electron chi connectivity index (χ3n) is 4.71. The molecule has 0 radical (unpaired) electrons. The van der Waals surface area contributed by atoms with Crippen LogP contribution in [0.4, 0.5) is 0 Å². The summed E-state index contributed by atoms with van der Waals surface area (Å²) in [5.74, 6) is 0.282. The molecule has 0 aromatic carbocycles. The molecule has 148 valence electrons. The lowest BCUT2D eigenvalue weighted by Crippen LogP contribution is -2.14. The van der Waals surface area contributed by atoms with Crippen molar-refractivity contribution in [2.24, 2.45) is 11.8 Å². The summed E-state index contributed by atoms with van der Waals surface area (Å²) >= 11 is 2.83. The molecule has 2 N–H and O–H groups in total. The minimum Gasteiger partial charge on any atom is -0.476 e. The Bertz CT molecular complexity index is 698. The lowest BCUT2D eigenvalue weighted by Gasteiger charge is -2.14. The first-order valence-corrected chi connectivity index (χ1v) is 11.1. The summed E-state index contributed by atoms with van der Waals surface area (Å²) in [5, 5.41) is 20.4. The number of rotatable bonds is 11. The molecular formula is C20H27NO4S2. The Morgan fingerprint density at radius 3 is 3.00 bits per heavy atom. The summed E-state index contributed by atoms with van der Waals surface area (Å²) in [4.78, 5) is 27.1. The van der Waals surface area contributed by atoms with E-state index in [1.54, 1.807) is 0 Å². The highest BCUT2D eigenvalue weighted by Crippen LogP contribution is 2.34. The smallest absolute Gasteiger partial charge is 0.355 e. The molecule has 0 unspecified atom stereocenters. The van der Waals surface area contributed by atoms with Crippen molar-refractivity contribution < 1.29 is 19.8 Å². The molecule has 7 heteroatoms. The van der Waals surface area contributed by atoms with Gasteiger partial charge in [-0.25, -0.2) is 9.78 Å². The van der Waals surface area contributed by atoms with Crippen LogP contribution in [0.5, 0.6) is 0 Å². The standard InChI is InChI=1S/C20H27NO4S2/c1-13(2)6-8-15(22)5-3-4-14-7-9-18(23)16(14)10-11-26-20-21-17(12-27-20)19(24)25/h3-4,12,14-16,22H,1,5-11H2,2H3,(H,24,25)/b4-3+/t14-,15+,16-/m1/s1. The molecule has 1 fully saturated rings. The Morgan fingerprint density at radius 2 is 2.33 bits per heavy atom. The second-order valence-electron chi connectivity index (χ2n) is 7.03. The number of nitrogens with zero attached hydrogens (tertiary/aromatic N) is 1. The fraction of sp³-hybridized carbons (Fsp3) is 0.550. The predicted octanol–water partition coefficient (Wildman–Crippen LogP) is 4.58. The zero-order valence-corrected chi connectivity index (χ0v) is 17.2. The zero-order valence-electron chi connectivity index (χ0n) is 15.6. The largest absolute Gasteiger partial charge is 0.476 e. The Kier molecular flexibility index (Phi) is 8.73. The first kappa shape index (κ1) is 21.9. The van der Waals surface area contributed by atoms with E-state index in [1.807, 2.05) is 13.0 Å². The minimum absolute atomic E-state index is 0.0141. The van der Waals surface area contributed by atoms with Gasteiger partial charge in [0.25, 0.3) is 0 Å². The summed E-state index contributed by atoms with van der Waals surface area (Å²) in [5.41, 5.74) is 1.15. The Morgan fingerprint density at radius 1 is 1.56 bits per heavy atom. The van der Waals surface area contributed by atoms with E-state index in [0.29, 0.717) is 18.6 Å². The monoisotopic (exact) mass is 409 g/mol. The number of aliphatic hydroxyl groups excluding tert-OH is 1. The van der Waals surface area contributed by atoms with Crippen molar-refractivity contribution in [1.82, 2.24) is 4.98 Å². The molecule has 2 rings (SSSR count). The van der Waals surface area contributed by atoms with E-state index < -0.39 is 5.97 Å². The number of carboxylic acids is 1. The van der Waals surface area contributed by atoms with Gasteiger partial charge in [0.15, 0.2) is 10.0 Å². The van der Waals surface area contributed by atoms with Crippen LogP contribution in [0.15, 0.2) is 34.0 Å². The fourth-order valence-electron chi connectivity index (χ4n) is 3.18. The molecule has 1 aliphatic carbocycles. The van der Waals surface area contributed by atoms with E-state index in [9.17, 15) is 14.7 Å². The number of allylic oxidation sites excluding steroid dienone is 2. The van der Waals surface area contributed by atoms with E-state index in [1.165, 1.54) is 28.5 Å². The number of aromatic nitrogens is 1. The van der Waals surface area contributed by atoms with Crippen LogP contribution >= 0.6 is 23.1 Å². The van der Waals surface area contributed by atoms with Gasteiger partial charge >= 0.3 is 5.97 Å². The number of hydrogen-bond donors (Lipinski definition) is 2. The molecule has 1 aliphatic rings. The van der Waals surface area contributed by atoms with E-state index in [0.717, 1.165) is 41.3 Å². The number of aliphatic hydroxyl groups is 1. The van der Waals surface area contributed by atoms with E-state index >= 15 is 0 Å². The molecule has 5 nitrogen and oxygen atoms in total. The summed E-state index contributed by atoms with van der Waals surface area (Å²) in [6.45, 7) is 5.81. The van der Waals surface area contributed by atoms with Gasteiger partial charge in [-0.2, -0.15) is 0 Å². The Hall–Kier alpha value is -1.44. The average Bonchev–Trinajstić information content (AvgIpc) is 3.21. The number of carboxylic acid groups (broad SMARTS) is 1. The van der Waals surface area contributed by atoms with Gasteiger partial charge in [0.05, 0.1) is 6.10 Å². The lowest BCUT2D eigenvalue weighted by molar-refractivity contribution is -0.121. The van der Waals surface area contributed by atoms with E-state index in [4.69, 9.17) is 5.11 Å². The van der Waals surface area contributed by atoms with Gasteiger partial charge in [-0.15, -0.1) is 17.9 Å². The molecule has 3 atom stereocenters. The number of carbonyl (C=O) groups excluding carboxylic acids is 1. The van der Waals surface area contributed by atoms with Gasteiger partial charge in [0.1, 0.15) is 5.78 Å². The first-order valence-electron chi connectivity index (χ1n) is 9.20. The number of hydrogen-bond acceptors (Lipinski definition) is 6. The molecule has 1 saturated carbocycles. The van der Waals surface area contributed by atoms with Crippen LogP contribution in [-0.2, 0) is 4.79 Å². The molecule has 1 heterocycles. The number of aromatic carboxylic acids is 1. The predicted molar refractivity (Wildman–Crippen MR) is 109 cm³/mol. The highest BCUT2D eigenvalue weighted by molar-refractivity contribution is 8.01. The Balaban J connectivity index is 1.78. The van der Waals surface area contributed by atoms with Crippen LogP contribution in [0, 0.1) is 11.8 Å². The van der Waals surface area contributed by atoms with Crippen molar-refractivity contribution in [3.8, 4) is 0 Å². The molecule has 0 saturated heterocycles. The van der Waals surface area contributed by atoms with Gasteiger partial charge < -0.3 is 10.2 Å². The van der Waals surface area contributed by atoms with Crippen LogP contribution in [-0.4, -0.2) is 38.8 Å². The Labute approximate surface area is 168 Å². The third kappa shape index (κ3) is 7.24. The highest BCUT2D eigenvalue weighted by Gasteiger charge is 2.32. The van der Waals surface area contributed by atoms with Crippen LogP contribution in [0.25, 0.3) is 0 Å². The second kappa shape index (κ2) is 10.8. The van der Waals surface area contributed by atoms with Crippen molar-refractivity contribution in [2.45, 2.75) is 55.9 Å². The summed E-state index contributed by atoms with van der Waals surface area (Å²) in [6, 6.07) is 0. The highest BCUT2D eigenvalue weighted by atomic mass is 32.2. The van der Waals surface area contributed by atoms with E-state index in [-0.39, 0.29) is 23.6 Å². The van der Waals surface area contributed by atoms with Crippen molar-refractivity contribution >= 4 is 34.9 Å². The molecule has 1 aromatic rings. The summed E-state index contributed by atoms with van der Waals surface area (Å²) < 4.78 is 0.727.